The summed E-state index contributed by atoms with van der Waals surface area (Å²) in [5, 5.41) is 13.1. The molecule has 0 radical (unpaired) electrons. The van der Waals surface area contributed by atoms with Gasteiger partial charge < -0.3 is 15.2 Å². The van der Waals surface area contributed by atoms with Crippen molar-refractivity contribution in [1.29, 1.82) is 0 Å². The lowest BCUT2D eigenvalue weighted by molar-refractivity contribution is 0.0697. The summed E-state index contributed by atoms with van der Waals surface area (Å²) in [6, 6.07) is 8.61. The summed E-state index contributed by atoms with van der Waals surface area (Å²) >= 11 is 15.3. The standard InChI is InChI=1S/C16H14BrCl2NO3/c1-9-7-10(16(21)22)15(11(17)8-9)20-5-6-23-13-4-2-3-12(18)14(13)19/h2-4,7-8,20H,5-6H2,1H3,(H,21,22). The van der Waals surface area contributed by atoms with Crippen molar-refractivity contribution in [2.75, 3.05) is 18.5 Å². The molecule has 0 aliphatic heterocycles. The highest BCUT2D eigenvalue weighted by Crippen LogP contribution is 2.31. The van der Waals surface area contributed by atoms with Crippen LogP contribution in [0.5, 0.6) is 5.75 Å². The summed E-state index contributed by atoms with van der Waals surface area (Å²) in [5.41, 5.74) is 1.59. The lowest BCUT2D eigenvalue weighted by Crippen LogP contribution is -2.14. The molecular weight excluding hydrogens is 405 g/mol. The number of halogens is 3. The fraction of sp³-hybridized carbons (Fsp3) is 0.188. The number of rotatable bonds is 6. The number of nitrogens with one attached hydrogen (secondary N) is 1. The normalized spacial score (nSPS) is 10.4. The highest BCUT2D eigenvalue weighted by Gasteiger charge is 2.14. The Morgan fingerprint density at radius 1 is 1.35 bits per heavy atom. The van der Waals surface area contributed by atoms with Gasteiger partial charge >= 0.3 is 5.97 Å². The molecule has 4 nitrogen and oxygen atoms in total. The monoisotopic (exact) mass is 417 g/mol. The van der Waals surface area contributed by atoms with Crippen LogP contribution in [0.2, 0.25) is 10.0 Å². The van der Waals surface area contributed by atoms with Crippen LogP contribution in [-0.2, 0) is 0 Å². The number of aryl methyl sites for hydroxylation is 1. The number of carbonyl (C=O) groups is 1. The SMILES string of the molecule is Cc1cc(Br)c(NCCOc2cccc(Cl)c2Cl)c(C(=O)O)c1. The van der Waals surface area contributed by atoms with Crippen LogP contribution in [0.15, 0.2) is 34.8 Å². The Labute approximate surface area is 152 Å². The van der Waals surface area contributed by atoms with Crippen LogP contribution in [0.3, 0.4) is 0 Å². The van der Waals surface area contributed by atoms with Gasteiger partial charge in [0.05, 0.1) is 16.3 Å². The molecule has 0 amide bonds. The number of ether oxygens (including phenoxy) is 1. The molecule has 0 fully saturated rings. The Morgan fingerprint density at radius 3 is 2.78 bits per heavy atom. The average molecular weight is 419 g/mol. The number of aromatic carboxylic acids is 1. The number of benzene rings is 2. The van der Waals surface area contributed by atoms with Crippen molar-refractivity contribution in [3.8, 4) is 5.75 Å². The molecule has 0 aromatic heterocycles. The van der Waals surface area contributed by atoms with Crippen LogP contribution in [0.1, 0.15) is 15.9 Å². The van der Waals surface area contributed by atoms with E-state index in [0.29, 0.717) is 39.1 Å². The third kappa shape index (κ3) is 4.53. The maximum Gasteiger partial charge on any atom is 0.337 e. The predicted molar refractivity (Wildman–Crippen MR) is 96.3 cm³/mol. The molecular formula is C16H14BrCl2NO3. The first-order valence-electron chi connectivity index (χ1n) is 6.74. The molecule has 0 bridgehead atoms. The maximum atomic E-state index is 11.3. The Balaban J connectivity index is 2.02. The first kappa shape index (κ1) is 17.9. The third-order valence-corrected chi connectivity index (χ3v) is 4.47. The topological polar surface area (TPSA) is 58.6 Å². The van der Waals surface area contributed by atoms with Crippen LogP contribution >= 0.6 is 39.1 Å². The molecule has 122 valence electrons. The molecule has 2 aromatic carbocycles. The van der Waals surface area contributed by atoms with Gasteiger partial charge in [-0.1, -0.05) is 29.3 Å². The highest BCUT2D eigenvalue weighted by molar-refractivity contribution is 9.10. The Kier molecular flexibility index (Phi) is 6.16. The molecule has 7 heteroatoms. The minimum absolute atomic E-state index is 0.206. The van der Waals surface area contributed by atoms with Crippen LogP contribution in [-0.4, -0.2) is 24.2 Å². The second-order valence-electron chi connectivity index (χ2n) is 4.80. The Bertz CT molecular complexity index is 738. The van der Waals surface area contributed by atoms with Crippen molar-refractivity contribution in [1.82, 2.24) is 0 Å². The summed E-state index contributed by atoms with van der Waals surface area (Å²) in [6.45, 7) is 2.55. The molecule has 23 heavy (non-hydrogen) atoms. The minimum Gasteiger partial charge on any atom is -0.490 e. The van der Waals surface area contributed by atoms with Crippen molar-refractivity contribution in [2.45, 2.75) is 6.92 Å². The van der Waals surface area contributed by atoms with Gasteiger partial charge in [0.25, 0.3) is 0 Å². The quantitative estimate of drug-likeness (QED) is 0.628. The van der Waals surface area contributed by atoms with Crippen LogP contribution in [0.4, 0.5) is 5.69 Å². The van der Waals surface area contributed by atoms with Crippen molar-refractivity contribution < 1.29 is 14.6 Å². The second kappa shape index (κ2) is 7.90. The zero-order chi connectivity index (χ0) is 17.0. The van der Waals surface area contributed by atoms with E-state index in [1.807, 2.05) is 13.0 Å². The Morgan fingerprint density at radius 2 is 2.09 bits per heavy atom. The van der Waals surface area contributed by atoms with E-state index in [1.54, 1.807) is 24.3 Å². The highest BCUT2D eigenvalue weighted by atomic mass is 79.9. The van der Waals surface area contributed by atoms with Gasteiger partial charge in [-0.05, 0) is 52.7 Å². The van der Waals surface area contributed by atoms with Gasteiger partial charge in [-0.25, -0.2) is 4.79 Å². The summed E-state index contributed by atoms with van der Waals surface area (Å²) in [7, 11) is 0. The number of anilines is 1. The maximum absolute atomic E-state index is 11.3. The van der Waals surface area contributed by atoms with Crippen molar-refractivity contribution in [2.24, 2.45) is 0 Å². The molecule has 0 spiro atoms. The zero-order valence-corrected chi connectivity index (χ0v) is 15.3. The van der Waals surface area contributed by atoms with Gasteiger partial charge in [-0.2, -0.15) is 0 Å². The summed E-state index contributed by atoms with van der Waals surface area (Å²) < 4.78 is 6.25. The third-order valence-electron chi connectivity index (χ3n) is 3.04. The Hall–Kier alpha value is -1.43. The number of hydrogen-bond donors (Lipinski definition) is 2. The van der Waals surface area contributed by atoms with E-state index in [-0.39, 0.29) is 5.56 Å². The van der Waals surface area contributed by atoms with Gasteiger partial charge in [0.1, 0.15) is 17.4 Å². The molecule has 0 unspecified atom stereocenters. The molecule has 0 aliphatic rings. The van der Waals surface area contributed by atoms with Gasteiger partial charge in [-0.15, -0.1) is 0 Å². The second-order valence-corrected chi connectivity index (χ2v) is 6.44. The lowest BCUT2D eigenvalue weighted by Gasteiger charge is -2.14. The average Bonchev–Trinajstić information content (AvgIpc) is 2.48. The van der Waals surface area contributed by atoms with Gasteiger partial charge in [0, 0.05) is 11.0 Å². The van der Waals surface area contributed by atoms with Crippen molar-refractivity contribution in [3.63, 3.8) is 0 Å². The minimum atomic E-state index is -0.990. The molecule has 0 saturated heterocycles. The lowest BCUT2D eigenvalue weighted by atomic mass is 10.1. The summed E-state index contributed by atoms with van der Waals surface area (Å²) in [4.78, 5) is 11.3. The predicted octanol–water partition coefficient (Wildman–Crippen LogP) is 5.25. The molecule has 0 atom stereocenters. The van der Waals surface area contributed by atoms with E-state index in [4.69, 9.17) is 27.9 Å². The van der Waals surface area contributed by atoms with Gasteiger partial charge in [0.2, 0.25) is 0 Å². The molecule has 0 aliphatic carbocycles. The molecule has 2 N–H and O–H groups in total. The van der Waals surface area contributed by atoms with Gasteiger partial charge in [0.15, 0.2) is 0 Å². The smallest absolute Gasteiger partial charge is 0.337 e. The zero-order valence-electron chi connectivity index (χ0n) is 12.2. The van der Waals surface area contributed by atoms with E-state index in [1.165, 1.54) is 0 Å². The fourth-order valence-corrected chi connectivity index (χ4v) is 3.08. The van der Waals surface area contributed by atoms with Crippen molar-refractivity contribution >= 4 is 50.8 Å². The van der Waals surface area contributed by atoms with Crippen LogP contribution < -0.4 is 10.1 Å². The van der Waals surface area contributed by atoms with E-state index in [2.05, 4.69) is 21.2 Å². The fourth-order valence-electron chi connectivity index (χ4n) is 2.02. The first-order chi connectivity index (χ1) is 10.9. The van der Waals surface area contributed by atoms with E-state index < -0.39 is 5.97 Å². The first-order valence-corrected chi connectivity index (χ1v) is 8.29. The molecule has 0 heterocycles. The van der Waals surface area contributed by atoms with E-state index in [9.17, 15) is 9.90 Å². The summed E-state index contributed by atoms with van der Waals surface area (Å²) in [6.07, 6.45) is 0. The largest absolute Gasteiger partial charge is 0.490 e. The van der Waals surface area contributed by atoms with Crippen LogP contribution in [0, 0.1) is 6.92 Å². The van der Waals surface area contributed by atoms with Gasteiger partial charge in [-0.3, -0.25) is 0 Å². The number of carboxylic acid groups (broad SMARTS) is 1. The van der Waals surface area contributed by atoms with E-state index in [0.717, 1.165) is 5.56 Å². The van der Waals surface area contributed by atoms with Crippen LogP contribution in [0.25, 0.3) is 0 Å². The number of carboxylic acids is 1. The molecule has 2 aromatic rings. The molecule has 0 saturated carbocycles. The van der Waals surface area contributed by atoms with Crippen molar-refractivity contribution in [3.05, 3.63) is 56.0 Å². The van der Waals surface area contributed by atoms with E-state index >= 15 is 0 Å². The number of hydrogen-bond acceptors (Lipinski definition) is 3. The summed E-state index contributed by atoms with van der Waals surface area (Å²) in [5.74, 6) is -0.502. The molecule has 2 rings (SSSR count).